The van der Waals surface area contributed by atoms with E-state index in [0.29, 0.717) is 6.54 Å². The van der Waals surface area contributed by atoms with Crippen LogP contribution < -0.4 is 11.5 Å². The van der Waals surface area contributed by atoms with Gasteiger partial charge in [-0.2, -0.15) is 0 Å². The number of rotatable bonds is 4. The third-order valence-corrected chi connectivity index (χ3v) is 1.38. The summed E-state index contributed by atoms with van der Waals surface area (Å²) in [6.07, 6.45) is 2.66. The van der Waals surface area contributed by atoms with Gasteiger partial charge >= 0.3 is 0 Å². The van der Waals surface area contributed by atoms with Crippen LogP contribution in [0.2, 0.25) is 0 Å². The Morgan fingerprint density at radius 3 is 2.70 bits per heavy atom. The van der Waals surface area contributed by atoms with Crippen LogP contribution in [0.5, 0.6) is 0 Å². The van der Waals surface area contributed by atoms with E-state index in [1.54, 1.807) is 0 Å². The zero-order chi connectivity index (χ0) is 7.98. The number of hydrogen-bond acceptors (Lipinski definition) is 2. The van der Waals surface area contributed by atoms with E-state index in [0.717, 1.165) is 12.0 Å². The van der Waals surface area contributed by atoms with Crippen LogP contribution >= 0.6 is 0 Å². The van der Waals surface area contributed by atoms with Gasteiger partial charge in [0.2, 0.25) is 0 Å². The molecule has 0 rings (SSSR count). The summed E-state index contributed by atoms with van der Waals surface area (Å²) in [5, 5.41) is 0. The van der Waals surface area contributed by atoms with Crippen LogP contribution in [0.3, 0.4) is 0 Å². The molecule has 2 nitrogen and oxygen atoms in total. The second-order valence-corrected chi connectivity index (χ2v) is 2.29. The number of hydrogen-bond donors (Lipinski definition) is 2. The van der Waals surface area contributed by atoms with Crippen molar-refractivity contribution in [3.05, 3.63) is 11.6 Å². The van der Waals surface area contributed by atoms with Gasteiger partial charge in [0, 0.05) is 0 Å². The first-order valence-corrected chi connectivity index (χ1v) is 3.40. The monoisotopic (exact) mass is 146 g/mol. The molecule has 0 saturated heterocycles. The highest BCUT2D eigenvalue weighted by atomic mass is 19.1. The van der Waals surface area contributed by atoms with Crippen molar-refractivity contribution < 1.29 is 4.39 Å². The highest BCUT2D eigenvalue weighted by molar-refractivity contribution is 5.06. The maximum Gasteiger partial charge on any atom is 0.108 e. The van der Waals surface area contributed by atoms with Crippen LogP contribution in [0.4, 0.5) is 4.39 Å². The summed E-state index contributed by atoms with van der Waals surface area (Å²) >= 11 is 0. The molecule has 0 amide bonds. The molecule has 1 unspecified atom stereocenters. The molecule has 0 aliphatic carbocycles. The van der Waals surface area contributed by atoms with E-state index in [1.807, 2.05) is 13.0 Å². The first-order valence-electron chi connectivity index (χ1n) is 3.40. The van der Waals surface area contributed by atoms with Crippen molar-refractivity contribution in [1.82, 2.24) is 0 Å². The Balaban J connectivity index is 3.67. The molecule has 3 heteroatoms. The summed E-state index contributed by atoms with van der Waals surface area (Å²) in [4.78, 5) is 0. The van der Waals surface area contributed by atoms with E-state index in [2.05, 4.69) is 0 Å². The van der Waals surface area contributed by atoms with Gasteiger partial charge in [-0.05, 0) is 19.9 Å². The lowest BCUT2D eigenvalue weighted by atomic mass is 10.1. The topological polar surface area (TPSA) is 52.0 Å². The number of nitrogens with two attached hydrogens (primary N) is 2. The lowest BCUT2D eigenvalue weighted by Crippen LogP contribution is -2.23. The van der Waals surface area contributed by atoms with Crippen molar-refractivity contribution in [3.63, 3.8) is 0 Å². The lowest BCUT2D eigenvalue weighted by molar-refractivity contribution is 0.455. The van der Waals surface area contributed by atoms with E-state index in [4.69, 9.17) is 11.5 Å². The summed E-state index contributed by atoms with van der Waals surface area (Å²) < 4.78 is 11.9. The molecule has 0 radical (unpaired) electrons. The first kappa shape index (κ1) is 9.59. The van der Waals surface area contributed by atoms with Gasteiger partial charge in [-0.3, -0.25) is 0 Å². The molecule has 0 spiro atoms. The molecule has 60 valence electrons. The molecule has 0 fully saturated rings. The van der Waals surface area contributed by atoms with Gasteiger partial charge in [-0.25, -0.2) is 4.39 Å². The van der Waals surface area contributed by atoms with E-state index < -0.39 is 12.7 Å². The fourth-order valence-corrected chi connectivity index (χ4v) is 0.584. The Hall–Kier alpha value is -0.410. The highest BCUT2D eigenvalue weighted by Gasteiger charge is 2.01. The number of alkyl halides is 1. The fourth-order valence-electron chi connectivity index (χ4n) is 0.584. The van der Waals surface area contributed by atoms with Crippen molar-refractivity contribution in [2.75, 3.05) is 13.2 Å². The van der Waals surface area contributed by atoms with Gasteiger partial charge in [-0.1, -0.05) is 11.6 Å². The molecule has 4 N–H and O–H groups in total. The van der Waals surface area contributed by atoms with Gasteiger partial charge in [0.05, 0.1) is 6.04 Å². The highest BCUT2D eigenvalue weighted by Crippen LogP contribution is 1.99. The van der Waals surface area contributed by atoms with Crippen LogP contribution in [-0.2, 0) is 0 Å². The molecular weight excluding hydrogens is 131 g/mol. The van der Waals surface area contributed by atoms with Crippen LogP contribution in [0.1, 0.15) is 13.3 Å². The van der Waals surface area contributed by atoms with Crippen molar-refractivity contribution in [1.29, 1.82) is 0 Å². The van der Waals surface area contributed by atoms with Crippen molar-refractivity contribution in [3.8, 4) is 0 Å². The van der Waals surface area contributed by atoms with Gasteiger partial charge in [0.1, 0.15) is 6.67 Å². The maximum atomic E-state index is 11.9. The average Bonchev–Trinajstić information content (AvgIpc) is 1.98. The predicted octanol–water partition coefficient (Wildman–Crippen LogP) is 0.578. The quantitative estimate of drug-likeness (QED) is 0.570. The van der Waals surface area contributed by atoms with Gasteiger partial charge < -0.3 is 11.5 Å². The molecule has 0 bridgehead atoms. The van der Waals surface area contributed by atoms with Crippen LogP contribution in [-0.4, -0.2) is 19.3 Å². The lowest BCUT2D eigenvalue weighted by Gasteiger charge is -2.05. The van der Waals surface area contributed by atoms with Crippen molar-refractivity contribution in [2.24, 2.45) is 11.5 Å². The maximum absolute atomic E-state index is 11.9. The zero-order valence-corrected chi connectivity index (χ0v) is 6.31. The standard InChI is InChI=1S/C7H15FN2/c1-6(3-2-4-9)7(10)5-8/h3,7H,2,4-5,9-10H2,1H3/b6-3+. The molecule has 0 aromatic heterocycles. The summed E-state index contributed by atoms with van der Waals surface area (Å²) in [7, 11) is 0. The van der Waals surface area contributed by atoms with E-state index in [1.165, 1.54) is 0 Å². The molecule has 0 saturated carbocycles. The van der Waals surface area contributed by atoms with Gasteiger partial charge in [0.15, 0.2) is 0 Å². The number of halogens is 1. The molecule has 0 aliphatic heterocycles. The molecule has 10 heavy (non-hydrogen) atoms. The van der Waals surface area contributed by atoms with Crippen LogP contribution in [0.15, 0.2) is 11.6 Å². The molecule has 0 aromatic carbocycles. The molecule has 1 atom stereocenters. The SMILES string of the molecule is C/C(=C\CCN)C(N)CF. The summed E-state index contributed by atoms with van der Waals surface area (Å²) in [6.45, 7) is 1.92. The van der Waals surface area contributed by atoms with E-state index >= 15 is 0 Å². The van der Waals surface area contributed by atoms with Crippen LogP contribution in [0, 0.1) is 0 Å². The Bertz CT molecular complexity index is 112. The fraction of sp³-hybridized carbons (Fsp3) is 0.714. The molecule has 0 aliphatic rings. The molecule has 0 aromatic rings. The third kappa shape index (κ3) is 3.58. The Labute approximate surface area is 61.1 Å². The largest absolute Gasteiger partial charge is 0.330 e. The van der Waals surface area contributed by atoms with Gasteiger partial charge in [0.25, 0.3) is 0 Å². The summed E-state index contributed by atoms with van der Waals surface area (Å²) in [5.41, 5.74) is 11.5. The van der Waals surface area contributed by atoms with E-state index in [-0.39, 0.29) is 0 Å². The molecular formula is C7H15FN2. The predicted molar refractivity (Wildman–Crippen MR) is 41.4 cm³/mol. The third-order valence-electron chi connectivity index (χ3n) is 1.38. The minimum Gasteiger partial charge on any atom is -0.330 e. The summed E-state index contributed by atoms with van der Waals surface area (Å²) in [5.74, 6) is 0. The Morgan fingerprint density at radius 1 is 1.70 bits per heavy atom. The molecule has 0 heterocycles. The first-order chi connectivity index (χ1) is 4.72. The van der Waals surface area contributed by atoms with E-state index in [9.17, 15) is 4.39 Å². The minimum atomic E-state index is -0.493. The Kier molecular flexibility index (Phi) is 5.16. The van der Waals surface area contributed by atoms with Crippen molar-refractivity contribution in [2.45, 2.75) is 19.4 Å². The normalized spacial score (nSPS) is 15.4. The second-order valence-electron chi connectivity index (χ2n) is 2.29. The summed E-state index contributed by atoms with van der Waals surface area (Å²) in [6, 6.07) is -0.438. The minimum absolute atomic E-state index is 0.438. The van der Waals surface area contributed by atoms with Crippen LogP contribution in [0.25, 0.3) is 0 Å². The van der Waals surface area contributed by atoms with Gasteiger partial charge in [-0.15, -0.1) is 0 Å². The van der Waals surface area contributed by atoms with Crippen molar-refractivity contribution >= 4 is 0 Å². The second kappa shape index (κ2) is 5.38. The Morgan fingerprint density at radius 2 is 2.30 bits per heavy atom. The average molecular weight is 146 g/mol. The smallest absolute Gasteiger partial charge is 0.108 e. The zero-order valence-electron chi connectivity index (χ0n) is 6.31.